The van der Waals surface area contributed by atoms with Gasteiger partial charge in [0.1, 0.15) is 6.54 Å². The van der Waals surface area contributed by atoms with E-state index >= 15 is 0 Å². The molecule has 1 saturated heterocycles. The molecule has 3 rings (SSSR count). The van der Waals surface area contributed by atoms with E-state index in [0.717, 1.165) is 28.2 Å². The third-order valence-electron chi connectivity index (χ3n) is 4.58. The fourth-order valence-electron chi connectivity index (χ4n) is 3.26. The number of anilines is 3. The highest BCUT2D eigenvalue weighted by Crippen LogP contribution is 2.27. The van der Waals surface area contributed by atoms with Gasteiger partial charge in [-0.15, -0.1) is 0 Å². The number of nitrogens with zero attached hydrogens (tertiary/aromatic N) is 2. The van der Waals surface area contributed by atoms with E-state index in [9.17, 15) is 18.0 Å². The smallest absolute Gasteiger partial charge is 0.245 e. The van der Waals surface area contributed by atoms with Crippen LogP contribution in [0.25, 0.3) is 0 Å². The number of aryl methyl sites for hydroxylation is 1. The molecular formula is C20H23N3O4S. The van der Waals surface area contributed by atoms with E-state index in [0.29, 0.717) is 24.3 Å². The maximum Gasteiger partial charge on any atom is 0.245 e. The Morgan fingerprint density at radius 2 is 1.89 bits per heavy atom. The lowest BCUT2D eigenvalue weighted by atomic mass is 10.1. The van der Waals surface area contributed by atoms with Crippen LogP contribution in [0.15, 0.2) is 48.5 Å². The van der Waals surface area contributed by atoms with Gasteiger partial charge < -0.3 is 10.2 Å². The molecule has 8 heteroatoms. The van der Waals surface area contributed by atoms with Gasteiger partial charge in [0.25, 0.3) is 0 Å². The van der Waals surface area contributed by atoms with Crippen LogP contribution in [0.3, 0.4) is 0 Å². The standard InChI is InChI=1S/C20H23N3O4S/c1-15-13-16(10-11-18(15)22-12-6-9-20(22)25)21-19(24)14-23(28(2,26)27)17-7-4-3-5-8-17/h3-5,7-8,10-11,13H,6,9,12,14H2,1-2H3,(H,21,24). The lowest BCUT2D eigenvalue weighted by molar-refractivity contribution is -0.117. The number of hydrogen-bond donors (Lipinski definition) is 1. The summed E-state index contributed by atoms with van der Waals surface area (Å²) in [6.07, 6.45) is 2.47. The molecule has 2 amide bonds. The lowest BCUT2D eigenvalue weighted by Gasteiger charge is -2.22. The van der Waals surface area contributed by atoms with E-state index in [1.165, 1.54) is 0 Å². The number of benzene rings is 2. The minimum Gasteiger partial charge on any atom is -0.325 e. The van der Waals surface area contributed by atoms with Gasteiger partial charge in [0, 0.05) is 24.3 Å². The van der Waals surface area contributed by atoms with E-state index < -0.39 is 15.9 Å². The van der Waals surface area contributed by atoms with Gasteiger partial charge in [-0.3, -0.25) is 13.9 Å². The predicted octanol–water partition coefficient (Wildman–Crippen LogP) is 2.53. The molecule has 7 nitrogen and oxygen atoms in total. The van der Waals surface area contributed by atoms with Crippen LogP contribution in [0.1, 0.15) is 18.4 Å². The van der Waals surface area contributed by atoms with E-state index in [1.54, 1.807) is 53.4 Å². The average Bonchev–Trinajstić information content (AvgIpc) is 3.05. The minimum atomic E-state index is -3.61. The third kappa shape index (κ3) is 4.51. The molecule has 1 aliphatic rings. The highest BCUT2D eigenvalue weighted by Gasteiger charge is 2.24. The Bertz CT molecular complexity index is 990. The van der Waals surface area contributed by atoms with Crippen molar-refractivity contribution >= 4 is 38.9 Å². The zero-order chi connectivity index (χ0) is 20.3. The summed E-state index contributed by atoms with van der Waals surface area (Å²) in [4.78, 5) is 26.2. The molecule has 1 fully saturated rings. The van der Waals surface area contributed by atoms with Crippen molar-refractivity contribution in [2.24, 2.45) is 0 Å². The van der Waals surface area contributed by atoms with Gasteiger partial charge in [-0.25, -0.2) is 8.42 Å². The molecule has 0 aromatic heterocycles. The normalized spacial score (nSPS) is 14.2. The van der Waals surface area contributed by atoms with Crippen molar-refractivity contribution in [2.75, 3.05) is 33.9 Å². The van der Waals surface area contributed by atoms with Crippen molar-refractivity contribution in [2.45, 2.75) is 19.8 Å². The van der Waals surface area contributed by atoms with Crippen molar-refractivity contribution in [3.63, 3.8) is 0 Å². The molecule has 1 aliphatic heterocycles. The predicted molar refractivity (Wildman–Crippen MR) is 110 cm³/mol. The number of sulfonamides is 1. The van der Waals surface area contributed by atoms with Gasteiger partial charge in [0.05, 0.1) is 11.9 Å². The van der Waals surface area contributed by atoms with Crippen molar-refractivity contribution in [3.05, 3.63) is 54.1 Å². The zero-order valence-electron chi connectivity index (χ0n) is 15.9. The first kappa shape index (κ1) is 19.9. The monoisotopic (exact) mass is 401 g/mol. The maximum atomic E-state index is 12.5. The minimum absolute atomic E-state index is 0.103. The van der Waals surface area contributed by atoms with Crippen LogP contribution in [0.5, 0.6) is 0 Å². The Morgan fingerprint density at radius 3 is 2.46 bits per heavy atom. The van der Waals surface area contributed by atoms with Crippen molar-refractivity contribution in [1.29, 1.82) is 0 Å². The summed E-state index contributed by atoms with van der Waals surface area (Å²) in [7, 11) is -3.61. The number of amides is 2. The summed E-state index contributed by atoms with van der Waals surface area (Å²) >= 11 is 0. The van der Waals surface area contributed by atoms with Gasteiger partial charge >= 0.3 is 0 Å². The maximum absolute atomic E-state index is 12.5. The van der Waals surface area contributed by atoms with Crippen LogP contribution in [0, 0.1) is 6.92 Å². The van der Waals surface area contributed by atoms with Crippen molar-refractivity contribution < 1.29 is 18.0 Å². The summed E-state index contributed by atoms with van der Waals surface area (Å²) in [6.45, 7) is 2.25. The fourth-order valence-corrected chi connectivity index (χ4v) is 4.12. The van der Waals surface area contributed by atoms with Crippen LogP contribution in [0.2, 0.25) is 0 Å². The molecule has 28 heavy (non-hydrogen) atoms. The van der Waals surface area contributed by atoms with Crippen LogP contribution >= 0.6 is 0 Å². The summed E-state index contributed by atoms with van der Waals surface area (Å²) in [5.41, 5.74) is 2.69. The Hall–Kier alpha value is -2.87. The molecule has 0 spiro atoms. The van der Waals surface area contributed by atoms with E-state index in [2.05, 4.69) is 5.32 Å². The zero-order valence-corrected chi connectivity index (χ0v) is 16.7. The highest BCUT2D eigenvalue weighted by molar-refractivity contribution is 7.92. The summed E-state index contributed by atoms with van der Waals surface area (Å²) in [5, 5.41) is 2.74. The van der Waals surface area contributed by atoms with Gasteiger partial charge in [-0.2, -0.15) is 0 Å². The SMILES string of the molecule is Cc1cc(NC(=O)CN(c2ccccc2)S(C)(=O)=O)ccc1N1CCCC1=O. The summed E-state index contributed by atoms with van der Waals surface area (Å²) < 4.78 is 25.3. The Labute approximate surface area is 165 Å². The van der Waals surface area contributed by atoms with Crippen LogP contribution < -0.4 is 14.5 Å². The van der Waals surface area contributed by atoms with Gasteiger partial charge in [-0.05, 0) is 49.2 Å². The number of carbonyl (C=O) groups is 2. The second kappa shape index (κ2) is 8.02. The summed E-state index contributed by atoms with van der Waals surface area (Å²) in [6, 6.07) is 13.8. The molecule has 0 atom stereocenters. The van der Waals surface area contributed by atoms with E-state index in [4.69, 9.17) is 0 Å². The molecular weight excluding hydrogens is 378 g/mol. The van der Waals surface area contributed by atoms with Crippen LogP contribution in [0.4, 0.5) is 17.1 Å². The topological polar surface area (TPSA) is 86.8 Å². The highest BCUT2D eigenvalue weighted by atomic mass is 32.2. The van der Waals surface area contributed by atoms with E-state index in [1.807, 2.05) is 6.92 Å². The lowest BCUT2D eigenvalue weighted by Crippen LogP contribution is -2.37. The van der Waals surface area contributed by atoms with Crippen molar-refractivity contribution in [1.82, 2.24) is 0 Å². The number of para-hydroxylation sites is 1. The number of nitrogens with one attached hydrogen (secondary N) is 1. The average molecular weight is 401 g/mol. The first-order valence-electron chi connectivity index (χ1n) is 8.99. The van der Waals surface area contributed by atoms with E-state index in [-0.39, 0.29) is 12.5 Å². The number of rotatable bonds is 6. The Kier molecular flexibility index (Phi) is 5.69. The van der Waals surface area contributed by atoms with Gasteiger partial charge in [0.2, 0.25) is 21.8 Å². The molecule has 0 aliphatic carbocycles. The van der Waals surface area contributed by atoms with Gasteiger partial charge in [-0.1, -0.05) is 18.2 Å². The summed E-state index contributed by atoms with van der Waals surface area (Å²) in [5.74, 6) is -0.342. The second-order valence-electron chi connectivity index (χ2n) is 6.80. The molecule has 1 heterocycles. The molecule has 1 N–H and O–H groups in total. The van der Waals surface area contributed by atoms with Crippen LogP contribution in [-0.4, -0.2) is 39.6 Å². The molecule has 148 valence electrons. The number of carbonyl (C=O) groups excluding carboxylic acids is 2. The molecule has 0 bridgehead atoms. The largest absolute Gasteiger partial charge is 0.325 e. The molecule has 0 radical (unpaired) electrons. The Morgan fingerprint density at radius 1 is 1.18 bits per heavy atom. The molecule has 2 aromatic rings. The Balaban J connectivity index is 1.73. The van der Waals surface area contributed by atoms with Gasteiger partial charge in [0.15, 0.2) is 0 Å². The van der Waals surface area contributed by atoms with Crippen molar-refractivity contribution in [3.8, 4) is 0 Å². The first-order chi connectivity index (χ1) is 13.3. The molecule has 0 saturated carbocycles. The molecule has 2 aromatic carbocycles. The molecule has 0 unspecified atom stereocenters. The quantitative estimate of drug-likeness (QED) is 0.806. The fraction of sp³-hybridized carbons (Fsp3) is 0.300. The second-order valence-corrected chi connectivity index (χ2v) is 8.71. The third-order valence-corrected chi connectivity index (χ3v) is 5.72. The number of hydrogen-bond acceptors (Lipinski definition) is 4. The first-order valence-corrected chi connectivity index (χ1v) is 10.8. The van der Waals surface area contributed by atoms with Crippen LogP contribution in [-0.2, 0) is 19.6 Å².